The van der Waals surface area contributed by atoms with Gasteiger partial charge in [-0.15, -0.1) is 0 Å². The van der Waals surface area contributed by atoms with E-state index in [0.717, 1.165) is 5.92 Å². The maximum atomic E-state index is 3.56. The molecule has 1 unspecified atom stereocenters. The number of hydrogen-bond donors (Lipinski definition) is 0. The van der Waals surface area contributed by atoms with Gasteiger partial charge in [-0.3, -0.25) is 0 Å². The lowest BCUT2D eigenvalue weighted by Crippen LogP contribution is -2.09. The topological polar surface area (TPSA) is 0 Å². The highest BCUT2D eigenvalue weighted by molar-refractivity contribution is 5.30. The Morgan fingerprint density at radius 1 is 1.08 bits per heavy atom. The molecule has 2 aliphatic carbocycles. The van der Waals surface area contributed by atoms with Gasteiger partial charge in [-0.25, -0.2) is 0 Å². The molecule has 2 radical (unpaired) electrons. The highest BCUT2D eigenvalue weighted by atomic mass is 14.2. The third kappa shape index (κ3) is 2.04. The van der Waals surface area contributed by atoms with Crippen LogP contribution in [0.3, 0.4) is 0 Å². The maximum absolute atomic E-state index is 3.56. The van der Waals surface area contributed by atoms with E-state index in [4.69, 9.17) is 0 Å². The molecule has 0 aliphatic heterocycles. The largest absolute Gasteiger partial charge is 0.0584 e. The summed E-state index contributed by atoms with van der Waals surface area (Å²) < 4.78 is 0. The summed E-state index contributed by atoms with van der Waals surface area (Å²) in [6.07, 6.45) is 16.1. The Morgan fingerprint density at radius 3 is 2.62 bits per heavy atom. The van der Waals surface area contributed by atoms with Crippen molar-refractivity contribution in [3.05, 3.63) is 23.3 Å². The molecule has 0 heterocycles. The van der Waals surface area contributed by atoms with Gasteiger partial charge in [0.1, 0.15) is 0 Å². The highest BCUT2D eigenvalue weighted by Gasteiger charge is 2.17. The number of rotatable bonds is 1. The standard InChI is InChI=1S/C13H18/c1-11-7-5-6-10-13(11)12-8-3-2-4-9-12/h11H,2-8H2,1H3. The summed E-state index contributed by atoms with van der Waals surface area (Å²) in [7, 11) is 0. The zero-order valence-corrected chi connectivity index (χ0v) is 8.53. The van der Waals surface area contributed by atoms with E-state index in [-0.39, 0.29) is 0 Å². The maximum Gasteiger partial charge on any atom is -0.0185 e. The fourth-order valence-electron chi connectivity index (χ4n) is 2.34. The molecule has 2 rings (SSSR count). The minimum atomic E-state index is 0.745. The molecule has 2 aliphatic rings. The second kappa shape index (κ2) is 4.13. The predicted octanol–water partition coefficient (Wildman–Crippen LogP) is 3.84. The van der Waals surface area contributed by atoms with E-state index in [9.17, 15) is 0 Å². The highest BCUT2D eigenvalue weighted by Crippen LogP contribution is 2.33. The SMILES string of the molecule is CC1CCC[C]=C1C1=[C]CCCC1. The van der Waals surface area contributed by atoms with E-state index in [1.165, 1.54) is 56.1 Å². The Labute approximate surface area is 81.7 Å². The quantitative estimate of drug-likeness (QED) is 0.566. The van der Waals surface area contributed by atoms with Crippen molar-refractivity contribution in [2.75, 3.05) is 0 Å². The third-order valence-electron chi connectivity index (χ3n) is 3.14. The predicted molar refractivity (Wildman–Crippen MR) is 55.0 cm³/mol. The first-order chi connectivity index (χ1) is 6.38. The minimum Gasteiger partial charge on any atom is -0.0584 e. The molecule has 0 heteroatoms. The Hall–Kier alpha value is -0.520. The summed E-state index contributed by atoms with van der Waals surface area (Å²) >= 11 is 0. The lowest BCUT2D eigenvalue weighted by molar-refractivity contribution is 0.537. The van der Waals surface area contributed by atoms with Gasteiger partial charge in [0.2, 0.25) is 0 Å². The van der Waals surface area contributed by atoms with Gasteiger partial charge in [-0.1, -0.05) is 6.92 Å². The number of allylic oxidation sites excluding steroid dienone is 4. The van der Waals surface area contributed by atoms with Crippen LogP contribution in [0.1, 0.15) is 51.9 Å². The van der Waals surface area contributed by atoms with Crippen LogP contribution in [0.15, 0.2) is 11.1 Å². The van der Waals surface area contributed by atoms with Crippen LogP contribution in [0.25, 0.3) is 0 Å². The summed E-state index contributed by atoms with van der Waals surface area (Å²) in [5.41, 5.74) is 3.00. The molecule has 0 amide bonds. The van der Waals surface area contributed by atoms with Crippen molar-refractivity contribution in [1.29, 1.82) is 0 Å². The third-order valence-corrected chi connectivity index (χ3v) is 3.14. The first-order valence-electron chi connectivity index (χ1n) is 5.58. The van der Waals surface area contributed by atoms with Gasteiger partial charge in [0.05, 0.1) is 0 Å². The minimum absolute atomic E-state index is 0.745. The fraction of sp³-hybridized carbons (Fsp3) is 0.692. The Balaban J connectivity index is 2.13. The van der Waals surface area contributed by atoms with Gasteiger partial charge in [0, 0.05) is 0 Å². The van der Waals surface area contributed by atoms with Crippen LogP contribution >= 0.6 is 0 Å². The summed E-state index contributed by atoms with van der Waals surface area (Å²) in [6, 6.07) is 0. The zero-order chi connectivity index (χ0) is 9.10. The summed E-state index contributed by atoms with van der Waals surface area (Å²) in [4.78, 5) is 0. The van der Waals surface area contributed by atoms with Crippen molar-refractivity contribution in [3.63, 3.8) is 0 Å². The molecule has 13 heavy (non-hydrogen) atoms. The summed E-state index contributed by atoms with van der Waals surface area (Å²) in [5.74, 6) is 0.745. The Morgan fingerprint density at radius 2 is 1.92 bits per heavy atom. The van der Waals surface area contributed by atoms with Crippen molar-refractivity contribution >= 4 is 0 Å². The fourth-order valence-corrected chi connectivity index (χ4v) is 2.34. The first-order valence-corrected chi connectivity index (χ1v) is 5.58. The normalized spacial score (nSPS) is 29.5. The van der Waals surface area contributed by atoms with Crippen molar-refractivity contribution in [2.24, 2.45) is 5.92 Å². The Kier molecular flexibility index (Phi) is 2.87. The van der Waals surface area contributed by atoms with E-state index >= 15 is 0 Å². The van der Waals surface area contributed by atoms with Crippen LogP contribution in [-0.4, -0.2) is 0 Å². The summed E-state index contributed by atoms with van der Waals surface area (Å²) in [6.45, 7) is 2.34. The van der Waals surface area contributed by atoms with Crippen LogP contribution in [-0.2, 0) is 0 Å². The second-order valence-electron chi connectivity index (χ2n) is 4.25. The molecular formula is C13H18. The van der Waals surface area contributed by atoms with E-state index in [0.29, 0.717) is 0 Å². The monoisotopic (exact) mass is 174 g/mol. The van der Waals surface area contributed by atoms with E-state index in [1.54, 1.807) is 0 Å². The molecule has 0 fully saturated rings. The molecule has 70 valence electrons. The average Bonchev–Trinajstić information content (AvgIpc) is 2.20. The van der Waals surface area contributed by atoms with Crippen LogP contribution in [0.4, 0.5) is 0 Å². The van der Waals surface area contributed by atoms with Crippen LogP contribution in [0.5, 0.6) is 0 Å². The van der Waals surface area contributed by atoms with E-state index in [1.807, 2.05) is 0 Å². The lowest BCUT2D eigenvalue weighted by atomic mass is 9.81. The molecular weight excluding hydrogens is 156 g/mol. The molecule has 0 nitrogen and oxygen atoms in total. The van der Waals surface area contributed by atoms with Gasteiger partial charge in [-0.2, -0.15) is 0 Å². The second-order valence-corrected chi connectivity index (χ2v) is 4.25. The van der Waals surface area contributed by atoms with Gasteiger partial charge in [-0.05, 0) is 74.2 Å². The smallest absolute Gasteiger partial charge is 0.0185 e. The number of hydrogen-bond acceptors (Lipinski definition) is 0. The van der Waals surface area contributed by atoms with Crippen LogP contribution in [0, 0.1) is 18.1 Å². The zero-order valence-electron chi connectivity index (χ0n) is 8.53. The lowest BCUT2D eigenvalue weighted by Gasteiger charge is -2.24. The van der Waals surface area contributed by atoms with Gasteiger partial charge in [0.15, 0.2) is 0 Å². The van der Waals surface area contributed by atoms with Gasteiger partial charge < -0.3 is 0 Å². The van der Waals surface area contributed by atoms with Gasteiger partial charge >= 0.3 is 0 Å². The molecule has 0 bridgehead atoms. The van der Waals surface area contributed by atoms with Crippen molar-refractivity contribution in [3.8, 4) is 0 Å². The van der Waals surface area contributed by atoms with Crippen molar-refractivity contribution in [1.82, 2.24) is 0 Å². The van der Waals surface area contributed by atoms with Crippen molar-refractivity contribution < 1.29 is 0 Å². The molecule has 0 aromatic heterocycles. The van der Waals surface area contributed by atoms with Crippen LogP contribution < -0.4 is 0 Å². The molecule has 0 saturated carbocycles. The van der Waals surface area contributed by atoms with Gasteiger partial charge in [0.25, 0.3) is 0 Å². The first kappa shape index (κ1) is 9.05. The van der Waals surface area contributed by atoms with Crippen molar-refractivity contribution in [2.45, 2.75) is 51.9 Å². The average molecular weight is 174 g/mol. The molecule has 0 aromatic carbocycles. The molecule has 0 N–H and O–H groups in total. The Bertz CT molecular complexity index is 232. The molecule has 1 atom stereocenters. The molecule has 0 aromatic rings. The molecule has 0 saturated heterocycles. The van der Waals surface area contributed by atoms with E-state index < -0.39 is 0 Å². The summed E-state index contributed by atoms with van der Waals surface area (Å²) in [5, 5.41) is 0. The van der Waals surface area contributed by atoms with E-state index in [2.05, 4.69) is 19.1 Å². The van der Waals surface area contributed by atoms with Crippen LogP contribution in [0.2, 0.25) is 0 Å². The molecule has 0 spiro atoms.